The van der Waals surface area contributed by atoms with Gasteiger partial charge in [0.2, 0.25) is 0 Å². The van der Waals surface area contributed by atoms with Crippen molar-refractivity contribution in [2.75, 3.05) is 18.4 Å². The standard InChI is InChI=1S/C22H26N4O3S.K/c27-22(24-21-19-7-1-5-16(19)10-17-6-2-8-20(17)21)25-30(28,29)18-13-26(14-18)12-15-4-3-9-23-11-15;/h3-4,9-11,18H,1-2,5-8,12-14H2,(H2,24,25,27);/q;+1/p-1. The number of carbonyl (C=O) groups is 1. The number of nitrogens with one attached hydrogen (secondary N) is 1. The summed E-state index contributed by atoms with van der Waals surface area (Å²) < 4.78 is 28.8. The molecule has 0 saturated carbocycles. The molecule has 1 N–H and O–H groups in total. The predicted octanol–water partition coefficient (Wildman–Crippen LogP) is 0.183. The van der Waals surface area contributed by atoms with Crippen LogP contribution in [0.15, 0.2) is 30.6 Å². The second-order valence-electron chi connectivity index (χ2n) is 8.45. The van der Waals surface area contributed by atoms with Gasteiger partial charge in [0.25, 0.3) is 0 Å². The minimum absolute atomic E-state index is 0. The molecular formula is C22H25KN4O3S. The fraction of sp³-hybridized carbons (Fsp3) is 0.455. The minimum atomic E-state index is -3.84. The van der Waals surface area contributed by atoms with Crippen molar-refractivity contribution in [3.05, 3.63) is 63.1 Å². The van der Waals surface area contributed by atoms with Crippen LogP contribution in [0.4, 0.5) is 10.5 Å². The molecule has 0 radical (unpaired) electrons. The Kier molecular flexibility index (Phi) is 7.22. The van der Waals surface area contributed by atoms with Crippen molar-refractivity contribution in [3.8, 4) is 0 Å². The molecule has 5 rings (SSSR count). The molecule has 2 aliphatic carbocycles. The van der Waals surface area contributed by atoms with Gasteiger partial charge in [-0.1, -0.05) is 12.1 Å². The van der Waals surface area contributed by atoms with Crippen LogP contribution < -0.4 is 56.7 Å². The number of likely N-dealkylation sites (tertiary alicyclic amines) is 1. The van der Waals surface area contributed by atoms with E-state index in [4.69, 9.17) is 0 Å². The van der Waals surface area contributed by atoms with Crippen molar-refractivity contribution in [1.29, 1.82) is 0 Å². The summed E-state index contributed by atoms with van der Waals surface area (Å²) in [6.45, 7) is 1.41. The molecule has 1 saturated heterocycles. The molecule has 7 nitrogen and oxygen atoms in total. The van der Waals surface area contributed by atoms with Gasteiger partial charge in [-0.2, -0.15) is 0 Å². The third-order valence-electron chi connectivity index (χ3n) is 6.39. The molecule has 9 heteroatoms. The molecule has 2 amide bonds. The number of sulfonamides is 1. The van der Waals surface area contributed by atoms with Crippen molar-refractivity contribution >= 4 is 21.7 Å². The zero-order valence-corrected chi connectivity index (χ0v) is 21.7. The van der Waals surface area contributed by atoms with Crippen LogP contribution in [0.25, 0.3) is 4.72 Å². The van der Waals surface area contributed by atoms with Gasteiger partial charge in [0, 0.05) is 32.0 Å². The van der Waals surface area contributed by atoms with Crippen LogP contribution in [0.2, 0.25) is 0 Å². The molecule has 1 aromatic heterocycles. The number of benzene rings is 1. The summed E-state index contributed by atoms with van der Waals surface area (Å²) in [6, 6.07) is 5.33. The molecule has 31 heavy (non-hydrogen) atoms. The summed E-state index contributed by atoms with van der Waals surface area (Å²) in [5.41, 5.74) is 6.78. The van der Waals surface area contributed by atoms with Gasteiger partial charge in [-0.3, -0.25) is 14.7 Å². The van der Waals surface area contributed by atoms with E-state index in [-0.39, 0.29) is 51.4 Å². The SMILES string of the molecule is O=C([N-]S(=O)(=O)C1CN(Cc2cccnc2)C1)Nc1c2c(cc3c1CCC3)CCC2.[K+]. The Labute approximate surface area is 225 Å². The Hall–Kier alpha value is -0.814. The number of aryl methyl sites for hydroxylation is 2. The third kappa shape index (κ3) is 4.92. The van der Waals surface area contributed by atoms with Gasteiger partial charge in [-0.25, -0.2) is 8.42 Å². The quantitative estimate of drug-likeness (QED) is 0.638. The Bertz CT molecular complexity index is 1050. The van der Waals surface area contributed by atoms with Crippen molar-refractivity contribution in [2.45, 2.75) is 50.3 Å². The van der Waals surface area contributed by atoms with Crippen LogP contribution in [0.3, 0.4) is 0 Å². The second-order valence-corrected chi connectivity index (χ2v) is 10.3. The van der Waals surface area contributed by atoms with Crippen LogP contribution in [-0.4, -0.2) is 42.7 Å². The monoisotopic (exact) mass is 464 g/mol. The van der Waals surface area contributed by atoms with Gasteiger partial charge in [0.1, 0.15) is 0 Å². The summed E-state index contributed by atoms with van der Waals surface area (Å²) in [6.07, 6.45) is 9.54. The van der Waals surface area contributed by atoms with Gasteiger partial charge in [0.05, 0.1) is 5.25 Å². The summed E-state index contributed by atoms with van der Waals surface area (Å²) in [5, 5.41) is 2.21. The average molecular weight is 465 g/mol. The molecule has 2 heterocycles. The van der Waals surface area contributed by atoms with Crippen LogP contribution in [0.5, 0.6) is 0 Å². The number of hydrogen-bond acceptors (Lipinski definition) is 5. The molecule has 0 atom stereocenters. The van der Waals surface area contributed by atoms with E-state index in [1.807, 2.05) is 17.0 Å². The number of fused-ring (bicyclic) bond motifs is 2. The normalized spacial score (nSPS) is 17.9. The number of carbonyl (C=O) groups excluding carboxylic acids is 1. The Morgan fingerprint density at radius 2 is 1.81 bits per heavy atom. The van der Waals surface area contributed by atoms with Crippen LogP contribution in [-0.2, 0) is 42.3 Å². The van der Waals surface area contributed by atoms with Crippen LogP contribution in [0, 0.1) is 0 Å². The zero-order chi connectivity index (χ0) is 20.7. The van der Waals surface area contributed by atoms with Crippen molar-refractivity contribution < 1.29 is 64.6 Å². The number of hydrogen-bond donors (Lipinski definition) is 1. The first-order valence-corrected chi connectivity index (χ1v) is 12.1. The maximum absolute atomic E-state index is 12.6. The second kappa shape index (κ2) is 9.58. The maximum atomic E-state index is 12.6. The molecule has 3 aliphatic rings. The van der Waals surface area contributed by atoms with E-state index in [0.717, 1.165) is 49.8 Å². The van der Waals surface area contributed by atoms with Gasteiger partial charge in [0.15, 0.2) is 16.1 Å². The number of amides is 2. The largest absolute Gasteiger partial charge is 1.00 e. The van der Waals surface area contributed by atoms with Crippen molar-refractivity contribution in [2.24, 2.45) is 0 Å². The average Bonchev–Trinajstić information content (AvgIpc) is 3.33. The smallest absolute Gasteiger partial charge is 0.423 e. The fourth-order valence-corrected chi connectivity index (χ4v) is 6.10. The first kappa shape index (κ1) is 23.3. The molecule has 2 aromatic rings. The van der Waals surface area contributed by atoms with E-state index in [2.05, 4.69) is 21.1 Å². The van der Waals surface area contributed by atoms with Gasteiger partial charge in [-0.05, 0) is 78.1 Å². The molecule has 1 fully saturated rings. The fourth-order valence-electron chi connectivity index (χ4n) is 4.88. The zero-order valence-electron chi connectivity index (χ0n) is 17.8. The number of aromatic nitrogens is 1. The summed E-state index contributed by atoms with van der Waals surface area (Å²) >= 11 is 0. The molecule has 0 bridgehead atoms. The first-order chi connectivity index (χ1) is 14.5. The van der Waals surface area contributed by atoms with E-state index < -0.39 is 21.3 Å². The number of urea groups is 1. The molecule has 0 spiro atoms. The van der Waals surface area contributed by atoms with Crippen LogP contribution >= 0.6 is 0 Å². The maximum Gasteiger partial charge on any atom is 1.00 e. The third-order valence-corrected chi connectivity index (χ3v) is 7.95. The number of pyridine rings is 1. The van der Waals surface area contributed by atoms with Gasteiger partial charge in [-0.15, -0.1) is 0 Å². The molecule has 1 aliphatic heterocycles. The molecule has 0 unspecified atom stereocenters. The van der Waals surface area contributed by atoms with E-state index in [1.54, 1.807) is 12.4 Å². The summed E-state index contributed by atoms with van der Waals surface area (Å²) in [5.74, 6) is 0. The number of nitrogens with zero attached hydrogens (tertiary/aromatic N) is 3. The Morgan fingerprint density at radius 3 is 2.42 bits per heavy atom. The van der Waals surface area contributed by atoms with Crippen molar-refractivity contribution in [3.63, 3.8) is 0 Å². The van der Waals surface area contributed by atoms with E-state index >= 15 is 0 Å². The van der Waals surface area contributed by atoms with Gasteiger partial charge >= 0.3 is 51.4 Å². The number of rotatable bonds is 5. The Morgan fingerprint density at radius 1 is 1.13 bits per heavy atom. The van der Waals surface area contributed by atoms with E-state index in [1.165, 1.54) is 22.3 Å². The van der Waals surface area contributed by atoms with Gasteiger partial charge < -0.3 is 10.0 Å². The first-order valence-electron chi connectivity index (χ1n) is 10.6. The molecular weight excluding hydrogens is 439 g/mol. The molecule has 158 valence electrons. The number of anilines is 1. The Balaban J connectivity index is 0.00000231. The van der Waals surface area contributed by atoms with E-state index in [9.17, 15) is 13.2 Å². The minimum Gasteiger partial charge on any atom is -0.423 e. The summed E-state index contributed by atoms with van der Waals surface area (Å²) in [7, 11) is -3.84. The predicted molar refractivity (Wildman–Crippen MR) is 115 cm³/mol. The van der Waals surface area contributed by atoms with Crippen LogP contribution in [0.1, 0.15) is 40.7 Å². The molecule has 1 aromatic carbocycles. The van der Waals surface area contributed by atoms with E-state index in [0.29, 0.717) is 19.6 Å². The topological polar surface area (TPSA) is 93.5 Å². The summed E-state index contributed by atoms with van der Waals surface area (Å²) in [4.78, 5) is 18.7. The van der Waals surface area contributed by atoms with Crippen molar-refractivity contribution in [1.82, 2.24) is 9.88 Å².